The fourth-order valence-electron chi connectivity index (χ4n) is 12.7. The van der Waals surface area contributed by atoms with Crippen molar-refractivity contribution in [3.05, 3.63) is 262 Å². The Hall–Kier alpha value is -9.62. The first-order valence-electron chi connectivity index (χ1n) is 25.1. The van der Waals surface area contributed by atoms with E-state index in [1.165, 1.54) is 22.3 Å². The summed E-state index contributed by atoms with van der Waals surface area (Å²) in [4.78, 5) is 4.42. The molecule has 12 aromatic rings. The van der Waals surface area contributed by atoms with Gasteiger partial charge in [-0.15, -0.1) is 0 Å². The van der Waals surface area contributed by atoms with Crippen LogP contribution < -0.4 is 9.80 Å². The van der Waals surface area contributed by atoms with Gasteiger partial charge in [-0.25, -0.2) is 0 Å². The van der Waals surface area contributed by atoms with E-state index in [2.05, 4.69) is 207 Å². The lowest BCUT2D eigenvalue weighted by Crippen LogP contribution is -2.40. The average Bonchev–Trinajstić information content (AvgIpc) is 4.29. The molecule has 0 fully saturated rings. The molecule has 0 saturated carbocycles. The van der Waals surface area contributed by atoms with Crippen molar-refractivity contribution < 1.29 is 8.83 Å². The Bertz CT molecular complexity index is 4160. The van der Waals surface area contributed by atoms with Crippen LogP contribution in [0.3, 0.4) is 0 Å². The van der Waals surface area contributed by atoms with Crippen LogP contribution in [0.1, 0.15) is 69.5 Å². The van der Waals surface area contributed by atoms with Crippen molar-refractivity contribution in [2.45, 2.75) is 38.5 Å². The Morgan fingerprint density at radius 2 is 0.730 bits per heavy atom. The molecule has 0 radical (unpaired) electrons. The van der Waals surface area contributed by atoms with Crippen LogP contribution in [-0.4, -0.2) is 0 Å². The summed E-state index contributed by atoms with van der Waals surface area (Å²) in [5.74, 6) is 0. The predicted octanol–water partition coefficient (Wildman–Crippen LogP) is 17.8. The Kier molecular flexibility index (Phi) is 9.30. The number of benzene rings is 10. The number of fused-ring (bicyclic) bond motifs is 15. The van der Waals surface area contributed by atoms with Crippen LogP contribution in [0, 0.1) is 36.5 Å². The Balaban J connectivity index is 1.08. The first-order valence-corrected chi connectivity index (χ1v) is 25.1. The predicted molar refractivity (Wildman–Crippen MR) is 299 cm³/mol. The van der Waals surface area contributed by atoms with Crippen molar-refractivity contribution >= 4 is 78.0 Å². The molecular formula is C68H46N4O2. The van der Waals surface area contributed by atoms with Gasteiger partial charge in [0.2, 0.25) is 0 Å². The molecule has 0 aliphatic heterocycles. The maximum atomic E-state index is 10.8. The molecule has 0 amide bonds. The Morgan fingerprint density at radius 1 is 0.365 bits per heavy atom. The fraction of sp³-hybridized carbons (Fsp3) is 0.0882. The Labute approximate surface area is 428 Å². The molecule has 2 aromatic heterocycles. The molecule has 2 aliphatic rings. The minimum atomic E-state index is -0.828. The highest BCUT2D eigenvalue weighted by molar-refractivity contribution is 6.12. The summed E-state index contributed by atoms with van der Waals surface area (Å²) in [6, 6.07) is 77.5. The molecule has 14 rings (SSSR count). The molecule has 0 N–H and O–H groups in total. The average molecular weight is 951 g/mol. The molecule has 350 valence electrons. The van der Waals surface area contributed by atoms with E-state index in [9.17, 15) is 10.5 Å². The van der Waals surface area contributed by atoms with Crippen LogP contribution >= 0.6 is 0 Å². The normalized spacial score (nSPS) is 13.6. The first kappa shape index (κ1) is 43.2. The van der Waals surface area contributed by atoms with Gasteiger partial charge in [0.15, 0.2) is 11.2 Å². The van der Waals surface area contributed by atoms with Crippen LogP contribution in [0.4, 0.5) is 34.1 Å². The molecule has 6 heteroatoms. The van der Waals surface area contributed by atoms with Crippen molar-refractivity contribution in [2.24, 2.45) is 0 Å². The second kappa shape index (κ2) is 15.9. The number of furan rings is 2. The topological polar surface area (TPSA) is 80.3 Å². The van der Waals surface area contributed by atoms with Gasteiger partial charge in [-0.3, -0.25) is 0 Å². The molecule has 2 aliphatic carbocycles. The second-order valence-corrected chi connectivity index (χ2v) is 20.3. The van der Waals surface area contributed by atoms with E-state index in [1.807, 2.05) is 48.5 Å². The minimum Gasteiger partial charge on any atom is -0.454 e. The molecule has 2 heterocycles. The number of anilines is 6. The summed E-state index contributed by atoms with van der Waals surface area (Å²) in [7, 11) is 0. The highest BCUT2D eigenvalue weighted by atomic mass is 16.3. The third-order valence-corrected chi connectivity index (χ3v) is 16.0. The van der Waals surface area contributed by atoms with Crippen LogP contribution in [0.25, 0.3) is 55.0 Å². The van der Waals surface area contributed by atoms with E-state index in [1.54, 1.807) is 0 Å². The zero-order valence-corrected chi connectivity index (χ0v) is 41.2. The molecule has 10 aromatic carbocycles. The van der Waals surface area contributed by atoms with E-state index >= 15 is 0 Å². The monoisotopic (exact) mass is 950 g/mol. The van der Waals surface area contributed by atoms with Crippen molar-refractivity contribution in [1.82, 2.24) is 0 Å². The maximum Gasteiger partial charge on any atom is 0.159 e. The van der Waals surface area contributed by atoms with Crippen LogP contribution in [0.15, 0.2) is 215 Å². The van der Waals surface area contributed by atoms with E-state index in [4.69, 9.17) is 8.83 Å². The van der Waals surface area contributed by atoms with E-state index in [0.29, 0.717) is 11.1 Å². The van der Waals surface area contributed by atoms with E-state index < -0.39 is 5.41 Å². The van der Waals surface area contributed by atoms with Gasteiger partial charge in [-0.2, -0.15) is 10.5 Å². The number of nitriles is 2. The molecule has 0 saturated heterocycles. The van der Waals surface area contributed by atoms with Gasteiger partial charge in [0.05, 0.1) is 39.3 Å². The van der Waals surface area contributed by atoms with Gasteiger partial charge in [0, 0.05) is 38.3 Å². The fourth-order valence-corrected chi connectivity index (χ4v) is 12.7. The van der Waals surface area contributed by atoms with Crippen LogP contribution in [-0.2, 0) is 10.8 Å². The van der Waals surface area contributed by atoms with Crippen molar-refractivity contribution in [2.75, 3.05) is 9.80 Å². The summed E-state index contributed by atoms with van der Waals surface area (Å²) in [5.41, 5.74) is 19.6. The molecule has 0 bridgehead atoms. The summed E-state index contributed by atoms with van der Waals surface area (Å²) < 4.78 is 13.8. The zero-order chi connectivity index (χ0) is 50.0. The van der Waals surface area contributed by atoms with E-state index in [0.717, 1.165) is 111 Å². The van der Waals surface area contributed by atoms with Gasteiger partial charge >= 0.3 is 0 Å². The second-order valence-electron chi connectivity index (χ2n) is 20.3. The molecule has 0 unspecified atom stereocenters. The van der Waals surface area contributed by atoms with Crippen LogP contribution in [0.2, 0.25) is 0 Å². The summed E-state index contributed by atoms with van der Waals surface area (Å²) >= 11 is 0. The summed E-state index contributed by atoms with van der Waals surface area (Å²) in [5, 5.41) is 25.7. The van der Waals surface area contributed by atoms with Crippen molar-refractivity contribution in [1.29, 1.82) is 10.5 Å². The van der Waals surface area contributed by atoms with Crippen molar-refractivity contribution in [3.8, 4) is 23.3 Å². The van der Waals surface area contributed by atoms with Crippen LogP contribution in [0.5, 0.6) is 0 Å². The lowest BCUT2D eigenvalue weighted by Gasteiger charge is -2.47. The summed E-state index contributed by atoms with van der Waals surface area (Å²) in [6.07, 6.45) is 0. The third kappa shape index (κ3) is 5.85. The smallest absolute Gasteiger partial charge is 0.159 e. The highest BCUT2D eigenvalue weighted by Crippen LogP contribution is 2.64. The number of hydrogen-bond acceptors (Lipinski definition) is 6. The molecule has 0 atom stereocenters. The zero-order valence-electron chi connectivity index (χ0n) is 41.2. The Morgan fingerprint density at radius 3 is 1.16 bits per heavy atom. The third-order valence-electron chi connectivity index (χ3n) is 16.0. The SMILES string of the molecule is Cc1cccc2c1oc1c(N(c3ccc4c(c3)C3(c5cc(N(c6ccccc6C#N)c6cccc7c6oc6c(C)cccc67)ccc5-4)c4ccccc4C(C)(C)c4ccccc43)c3ccccc3C#N)cccc12. The largest absolute Gasteiger partial charge is 0.454 e. The van der Waals surface area contributed by atoms with Gasteiger partial charge in [0.1, 0.15) is 23.3 Å². The highest BCUT2D eigenvalue weighted by Gasteiger charge is 2.54. The maximum absolute atomic E-state index is 10.8. The quantitative estimate of drug-likeness (QED) is 0.165. The standard InChI is InChI=1S/C68H46N4O2/c1-41-17-13-21-49-51-23-15-31-61(65(51)73-63(41)49)71(59-29-11-5-19-43(59)39-69)45-33-35-47-48-36-34-46(38-58(48)68(57(47)37-45)55-27-9-7-25-53(55)67(3,4)54-26-8-10-28-56(54)68)72(60-30-12-6-20-44(60)40-70)62-32-16-24-52-50-22-14-18-42(2)64(50)74-66(52)62/h5-38H,1-4H3. The van der Waals surface area contributed by atoms with Gasteiger partial charge in [-0.1, -0.05) is 159 Å². The van der Waals surface area contributed by atoms with Crippen molar-refractivity contribution in [3.63, 3.8) is 0 Å². The lowest BCUT2D eigenvalue weighted by atomic mass is 9.55. The number of rotatable bonds is 6. The number of aryl methyl sites for hydroxylation is 2. The number of para-hydroxylation sites is 6. The summed E-state index contributed by atoms with van der Waals surface area (Å²) in [6.45, 7) is 8.85. The van der Waals surface area contributed by atoms with Gasteiger partial charge in [-0.05, 0) is 130 Å². The molecule has 6 nitrogen and oxygen atoms in total. The van der Waals surface area contributed by atoms with E-state index in [-0.39, 0.29) is 5.41 Å². The molecule has 1 spiro atoms. The minimum absolute atomic E-state index is 0.337. The molecule has 74 heavy (non-hydrogen) atoms. The number of nitrogens with zero attached hydrogens (tertiary/aromatic N) is 4. The first-order chi connectivity index (χ1) is 36.2. The molecular weight excluding hydrogens is 905 g/mol. The van der Waals surface area contributed by atoms with Gasteiger partial charge in [0.25, 0.3) is 0 Å². The lowest BCUT2D eigenvalue weighted by molar-refractivity contribution is 0.563. The number of hydrogen-bond donors (Lipinski definition) is 0. The van der Waals surface area contributed by atoms with Gasteiger partial charge < -0.3 is 18.6 Å².